The minimum atomic E-state index is -0.0177. The minimum absolute atomic E-state index is 0.0177. The fourth-order valence-electron chi connectivity index (χ4n) is 3.45. The molecule has 6 heteroatoms. The number of amides is 1. The van der Waals surface area contributed by atoms with Gasteiger partial charge in [0.25, 0.3) is 5.91 Å². The monoisotopic (exact) mass is 363 g/mol. The van der Waals surface area contributed by atoms with Crippen molar-refractivity contribution >= 4 is 5.91 Å². The summed E-state index contributed by atoms with van der Waals surface area (Å²) in [5.74, 6) is 1.45. The van der Waals surface area contributed by atoms with E-state index in [0.717, 1.165) is 34.1 Å². The van der Waals surface area contributed by atoms with Gasteiger partial charge in [-0.1, -0.05) is 6.07 Å². The maximum absolute atomic E-state index is 13.0. The van der Waals surface area contributed by atoms with E-state index in [0.29, 0.717) is 12.1 Å². The zero-order chi connectivity index (χ0) is 19.0. The normalized spacial score (nSPS) is 12.3. The molecule has 1 aromatic carbocycles. The van der Waals surface area contributed by atoms with Crippen LogP contribution in [0, 0.1) is 13.8 Å². The summed E-state index contributed by atoms with van der Waals surface area (Å²) in [6, 6.07) is 11.6. The fraction of sp³-hybridized carbons (Fsp3) is 0.238. The molecule has 4 rings (SSSR count). The molecule has 2 aromatic heterocycles. The Kier molecular flexibility index (Phi) is 4.32. The lowest BCUT2D eigenvalue weighted by atomic mass is 10.1. The average Bonchev–Trinajstić information content (AvgIpc) is 3.25. The second-order valence-corrected chi connectivity index (χ2v) is 6.68. The summed E-state index contributed by atoms with van der Waals surface area (Å²) in [7, 11) is 1.81. The van der Waals surface area contributed by atoms with Gasteiger partial charge >= 0.3 is 0 Å². The zero-order valence-electron chi connectivity index (χ0n) is 15.6. The number of hydrogen-bond donors (Lipinski definition) is 0. The Balaban J connectivity index is 1.57. The molecule has 0 atom stereocenters. The fourth-order valence-corrected chi connectivity index (χ4v) is 3.45. The molecule has 0 fully saturated rings. The SMILES string of the molecule is Cc1cc(C(=O)N(C)Cc2ccc3c(c2)OCO3)c(C)n1-c1cccnc1. The first-order valence-electron chi connectivity index (χ1n) is 8.78. The van der Waals surface area contributed by atoms with E-state index in [1.165, 1.54) is 0 Å². The van der Waals surface area contributed by atoms with Crippen LogP contribution in [0.3, 0.4) is 0 Å². The maximum atomic E-state index is 13.0. The van der Waals surface area contributed by atoms with Crippen LogP contribution in [0.2, 0.25) is 0 Å². The molecule has 27 heavy (non-hydrogen) atoms. The molecule has 1 aliphatic rings. The van der Waals surface area contributed by atoms with Crippen LogP contribution >= 0.6 is 0 Å². The first-order valence-corrected chi connectivity index (χ1v) is 8.78. The summed E-state index contributed by atoms with van der Waals surface area (Å²) >= 11 is 0. The topological polar surface area (TPSA) is 56.6 Å². The lowest BCUT2D eigenvalue weighted by Crippen LogP contribution is -2.26. The van der Waals surface area contributed by atoms with Crippen molar-refractivity contribution < 1.29 is 14.3 Å². The molecule has 0 N–H and O–H groups in total. The molecule has 1 aliphatic heterocycles. The van der Waals surface area contributed by atoms with Gasteiger partial charge in [0.1, 0.15) is 0 Å². The third-order valence-corrected chi connectivity index (χ3v) is 4.77. The van der Waals surface area contributed by atoms with Crippen molar-refractivity contribution in [2.45, 2.75) is 20.4 Å². The Labute approximate surface area is 158 Å². The number of aromatic nitrogens is 2. The van der Waals surface area contributed by atoms with Crippen LogP contribution in [-0.2, 0) is 6.54 Å². The first kappa shape index (κ1) is 17.1. The van der Waals surface area contributed by atoms with Gasteiger partial charge in [-0.2, -0.15) is 0 Å². The van der Waals surface area contributed by atoms with Gasteiger partial charge in [-0.3, -0.25) is 9.78 Å². The van der Waals surface area contributed by atoms with Crippen molar-refractivity contribution in [3.8, 4) is 17.2 Å². The van der Waals surface area contributed by atoms with Crippen molar-refractivity contribution in [1.29, 1.82) is 0 Å². The van der Waals surface area contributed by atoms with Crippen LogP contribution in [0.15, 0.2) is 48.8 Å². The molecular weight excluding hydrogens is 342 g/mol. The number of ether oxygens (including phenoxy) is 2. The molecule has 0 aliphatic carbocycles. The van der Waals surface area contributed by atoms with Crippen LogP contribution < -0.4 is 9.47 Å². The summed E-state index contributed by atoms with van der Waals surface area (Å²) in [5.41, 5.74) is 4.55. The van der Waals surface area contributed by atoms with E-state index >= 15 is 0 Å². The second kappa shape index (κ2) is 6.79. The van der Waals surface area contributed by atoms with Crippen LogP contribution in [0.1, 0.15) is 27.3 Å². The second-order valence-electron chi connectivity index (χ2n) is 6.68. The molecule has 0 radical (unpaired) electrons. The molecule has 1 amide bonds. The van der Waals surface area contributed by atoms with E-state index in [4.69, 9.17) is 9.47 Å². The van der Waals surface area contributed by atoms with Gasteiger partial charge in [0, 0.05) is 31.2 Å². The highest BCUT2D eigenvalue weighted by Crippen LogP contribution is 2.33. The number of carbonyl (C=O) groups excluding carboxylic acids is 1. The van der Waals surface area contributed by atoms with E-state index in [2.05, 4.69) is 9.55 Å². The molecule has 0 unspecified atom stereocenters. The van der Waals surface area contributed by atoms with Crippen LogP contribution in [0.5, 0.6) is 11.5 Å². The van der Waals surface area contributed by atoms with Crippen molar-refractivity contribution in [1.82, 2.24) is 14.5 Å². The number of pyridine rings is 1. The van der Waals surface area contributed by atoms with Crippen molar-refractivity contribution in [3.63, 3.8) is 0 Å². The minimum Gasteiger partial charge on any atom is -0.454 e. The number of benzene rings is 1. The van der Waals surface area contributed by atoms with Crippen LogP contribution in [0.4, 0.5) is 0 Å². The summed E-state index contributed by atoms with van der Waals surface area (Å²) in [4.78, 5) is 18.9. The highest BCUT2D eigenvalue weighted by molar-refractivity contribution is 5.95. The average molecular weight is 363 g/mol. The summed E-state index contributed by atoms with van der Waals surface area (Å²) < 4.78 is 12.8. The summed E-state index contributed by atoms with van der Waals surface area (Å²) in [6.45, 7) is 4.69. The molecule has 3 aromatic rings. The first-order chi connectivity index (χ1) is 13.0. The summed E-state index contributed by atoms with van der Waals surface area (Å²) in [6.07, 6.45) is 3.54. The molecule has 0 bridgehead atoms. The molecular formula is C21H21N3O3. The number of nitrogens with zero attached hydrogens (tertiary/aromatic N) is 3. The smallest absolute Gasteiger partial charge is 0.255 e. The van der Waals surface area contributed by atoms with Gasteiger partial charge in [-0.25, -0.2) is 0 Å². The number of rotatable bonds is 4. The Morgan fingerprint density at radius 2 is 2.00 bits per heavy atom. The van der Waals surface area contributed by atoms with Gasteiger partial charge < -0.3 is 18.9 Å². The van der Waals surface area contributed by atoms with E-state index in [1.54, 1.807) is 17.3 Å². The van der Waals surface area contributed by atoms with Crippen LogP contribution in [0.25, 0.3) is 5.69 Å². The van der Waals surface area contributed by atoms with E-state index in [9.17, 15) is 4.79 Å². The van der Waals surface area contributed by atoms with Gasteiger partial charge in [0.05, 0.1) is 17.4 Å². The molecule has 0 saturated carbocycles. The lowest BCUT2D eigenvalue weighted by molar-refractivity contribution is 0.0784. The number of aryl methyl sites for hydroxylation is 1. The van der Waals surface area contributed by atoms with E-state index in [-0.39, 0.29) is 12.7 Å². The molecule has 6 nitrogen and oxygen atoms in total. The van der Waals surface area contributed by atoms with E-state index in [1.807, 2.05) is 57.3 Å². The predicted octanol–water partition coefficient (Wildman–Crippen LogP) is 3.49. The standard InChI is InChI=1S/C21H21N3O3/c1-14-9-18(15(2)24(14)17-5-4-8-22-11-17)21(25)23(3)12-16-6-7-19-20(10-16)27-13-26-19/h4-11H,12-13H2,1-3H3. The van der Waals surface area contributed by atoms with Crippen LogP contribution in [-0.4, -0.2) is 34.2 Å². The molecule has 0 spiro atoms. The van der Waals surface area contributed by atoms with E-state index < -0.39 is 0 Å². The Morgan fingerprint density at radius 3 is 2.78 bits per heavy atom. The number of carbonyl (C=O) groups is 1. The van der Waals surface area contributed by atoms with Gasteiger partial charge in [0.2, 0.25) is 6.79 Å². The zero-order valence-corrected chi connectivity index (χ0v) is 15.6. The number of fused-ring (bicyclic) bond motifs is 1. The Morgan fingerprint density at radius 1 is 1.19 bits per heavy atom. The molecule has 3 heterocycles. The highest BCUT2D eigenvalue weighted by atomic mass is 16.7. The predicted molar refractivity (Wildman–Crippen MR) is 101 cm³/mol. The molecule has 0 saturated heterocycles. The maximum Gasteiger partial charge on any atom is 0.255 e. The molecule has 138 valence electrons. The summed E-state index contributed by atoms with van der Waals surface area (Å²) in [5, 5.41) is 0. The highest BCUT2D eigenvalue weighted by Gasteiger charge is 2.21. The third kappa shape index (κ3) is 3.14. The van der Waals surface area contributed by atoms with Gasteiger partial charge in [-0.15, -0.1) is 0 Å². The quantitative estimate of drug-likeness (QED) is 0.712. The third-order valence-electron chi connectivity index (χ3n) is 4.77. The van der Waals surface area contributed by atoms with Crippen molar-refractivity contribution in [3.05, 3.63) is 71.3 Å². The number of hydrogen-bond acceptors (Lipinski definition) is 4. The largest absolute Gasteiger partial charge is 0.454 e. The van der Waals surface area contributed by atoms with Crippen molar-refractivity contribution in [2.24, 2.45) is 0 Å². The van der Waals surface area contributed by atoms with Crippen molar-refractivity contribution in [2.75, 3.05) is 13.8 Å². The lowest BCUT2D eigenvalue weighted by Gasteiger charge is -2.18. The Bertz CT molecular complexity index is 995. The van der Waals surface area contributed by atoms with Gasteiger partial charge in [-0.05, 0) is 49.7 Å². The Hall–Kier alpha value is -3.28. The van der Waals surface area contributed by atoms with Gasteiger partial charge in [0.15, 0.2) is 11.5 Å².